The maximum absolute atomic E-state index is 12.8. The number of pyridine rings is 2. The van der Waals surface area contributed by atoms with Gasteiger partial charge in [0, 0.05) is 5.69 Å². The zero-order chi connectivity index (χ0) is 9.42. The molecule has 0 aliphatic heterocycles. The number of nitrogens with zero attached hydrogens (tertiary/aromatic N) is 2. The first-order valence-electron chi connectivity index (χ1n) is 3.79. The minimum absolute atomic E-state index is 0.208. The van der Waals surface area contributed by atoms with Crippen LogP contribution in [-0.4, -0.2) is 15.1 Å². The Morgan fingerprint density at radius 1 is 1.38 bits per heavy atom. The van der Waals surface area contributed by atoms with Crippen LogP contribution in [-0.2, 0) is 0 Å². The summed E-state index contributed by atoms with van der Waals surface area (Å²) in [6, 6.07) is 3.45. The summed E-state index contributed by atoms with van der Waals surface area (Å²) in [6.07, 6.45) is 0.981. The molecule has 0 aromatic carbocycles. The standard InChI is InChI=1S/C9H7FN2O/c1-5-2-3-7-8(12-5)9(13)6(10)4-11-7/h2-4H,1H3,(H,11,13). The number of fused-ring (bicyclic) bond motifs is 1. The first-order chi connectivity index (χ1) is 6.18. The van der Waals surface area contributed by atoms with Crippen molar-refractivity contribution >= 4 is 11.0 Å². The molecule has 2 heterocycles. The Morgan fingerprint density at radius 2 is 2.15 bits per heavy atom. The van der Waals surface area contributed by atoms with E-state index in [4.69, 9.17) is 0 Å². The highest BCUT2D eigenvalue weighted by molar-refractivity contribution is 5.80. The van der Waals surface area contributed by atoms with Crippen LogP contribution in [0.1, 0.15) is 5.69 Å². The third-order valence-electron chi connectivity index (χ3n) is 1.78. The molecule has 1 N–H and O–H groups in total. The lowest BCUT2D eigenvalue weighted by molar-refractivity contribution is 0.436. The molecule has 0 spiro atoms. The average Bonchev–Trinajstić information content (AvgIpc) is 2.12. The van der Waals surface area contributed by atoms with Crippen LogP contribution in [0.3, 0.4) is 0 Å². The molecule has 0 radical (unpaired) electrons. The van der Waals surface area contributed by atoms with E-state index in [2.05, 4.69) is 9.97 Å². The largest absolute Gasteiger partial charge is 0.503 e. The van der Waals surface area contributed by atoms with Gasteiger partial charge in [0.25, 0.3) is 0 Å². The Hall–Kier alpha value is -1.71. The van der Waals surface area contributed by atoms with Crippen LogP contribution in [0.5, 0.6) is 5.75 Å². The van der Waals surface area contributed by atoms with Crippen molar-refractivity contribution in [3.63, 3.8) is 0 Å². The van der Waals surface area contributed by atoms with Crippen LogP contribution in [0.4, 0.5) is 4.39 Å². The van der Waals surface area contributed by atoms with Crippen molar-refractivity contribution < 1.29 is 9.50 Å². The minimum Gasteiger partial charge on any atom is -0.503 e. The molecule has 2 aromatic rings. The first kappa shape index (κ1) is 7.91. The number of aromatic nitrogens is 2. The Bertz CT molecular complexity index is 465. The van der Waals surface area contributed by atoms with E-state index in [0.29, 0.717) is 5.52 Å². The lowest BCUT2D eigenvalue weighted by atomic mass is 10.2. The van der Waals surface area contributed by atoms with Crippen LogP contribution in [0, 0.1) is 12.7 Å². The zero-order valence-electron chi connectivity index (χ0n) is 6.95. The van der Waals surface area contributed by atoms with Crippen LogP contribution >= 0.6 is 0 Å². The SMILES string of the molecule is Cc1ccc2ncc(F)c(O)c2n1. The molecule has 2 rings (SSSR count). The van der Waals surface area contributed by atoms with Crippen LogP contribution in [0.2, 0.25) is 0 Å². The fourth-order valence-corrected chi connectivity index (χ4v) is 1.13. The van der Waals surface area contributed by atoms with Gasteiger partial charge in [0.05, 0.1) is 11.7 Å². The molecule has 13 heavy (non-hydrogen) atoms. The summed E-state index contributed by atoms with van der Waals surface area (Å²) < 4.78 is 12.8. The van der Waals surface area contributed by atoms with Crippen LogP contribution < -0.4 is 0 Å². The monoisotopic (exact) mass is 178 g/mol. The van der Waals surface area contributed by atoms with E-state index in [1.54, 1.807) is 19.1 Å². The molecular formula is C9H7FN2O. The lowest BCUT2D eigenvalue weighted by Crippen LogP contribution is -1.88. The lowest BCUT2D eigenvalue weighted by Gasteiger charge is -2.00. The van der Waals surface area contributed by atoms with Crippen molar-refractivity contribution in [2.24, 2.45) is 0 Å². The maximum Gasteiger partial charge on any atom is 0.185 e. The van der Waals surface area contributed by atoms with Gasteiger partial charge in [-0.3, -0.25) is 4.98 Å². The van der Waals surface area contributed by atoms with E-state index in [1.807, 2.05) is 0 Å². The van der Waals surface area contributed by atoms with Gasteiger partial charge in [-0.2, -0.15) is 0 Å². The number of hydrogen-bond donors (Lipinski definition) is 1. The summed E-state index contributed by atoms with van der Waals surface area (Å²) in [6.45, 7) is 1.77. The second-order valence-electron chi connectivity index (χ2n) is 2.78. The third-order valence-corrected chi connectivity index (χ3v) is 1.78. The van der Waals surface area contributed by atoms with Gasteiger partial charge in [0.15, 0.2) is 11.6 Å². The zero-order valence-corrected chi connectivity index (χ0v) is 6.95. The van der Waals surface area contributed by atoms with Gasteiger partial charge in [-0.25, -0.2) is 9.37 Å². The van der Waals surface area contributed by atoms with Gasteiger partial charge in [-0.15, -0.1) is 0 Å². The molecule has 0 fully saturated rings. The molecule has 0 unspecified atom stereocenters. The van der Waals surface area contributed by atoms with Gasteiger partial charge < -0.3 is 5.11 Å². The molecule has 2 aromatic heterocycles. The smallest absolute Gasteiger partial charge is 0.185 e. The molecule has 0 saturated carbocycles. The van der Waals surface area contributed by atoms with Crippen LogP contribution in [0.25, 0.3) is 11.0 Å². The first-order valence-corrected chi connectivity index (χ1v) is 3.79. The molecule has 0 aliphatic carbocycles. The topological polar surface area (TPSA) is 46.0 Å². The molecule has 0 amide bonds. The van der Waals surface area contributed by atoms with Crippen molar-refractivity contribution in [1.82, 2.24) is 9.97 Å². The number of halogens is 1. The summed E-state index contributed by atoms with van der Waals surface area (Å²) in [5.41, 5.74) is 1.42. The number of rotatable bonds is 0. The summed E-state index contributed by atoms with van der Waals surface area (Å²) in [5.74, 6) is -1.18. The molecule has 0 aliphatic rings. The summed E-state index contributed by atoms with van der Waals surface area (Å²) >= 11 is 0. The summed E-state index contributed by atoms with van der Waals surface area (Å²) in [7, 11) is 0. The van der Waals surface area contributed by atoms with Gasteiger partial charge in [0.2, 0.25) is 0 Å². The Balaban J connectivity index is 2.89. The van der Waals surface area contributed by atoms with E-state index in [-0.39, 0.29) is 5.52 Å². The highest BCUT2D eigenvalue weighted by atomic mass is 19.1. The minimum atomic E-state index is -0.745. The average molecular weight is 178 g/mol. The van der Waals surface area contributed by atoms with Crippen molar-refractivity contribution in [3.8, 4) is 5.75 Å². The molecule has 3 nitrogen and oxygen atoms in total. The van der Waals surface area contributed by atoms with E-state index in [1.165, 1.54) is 0 Å². The predicted octanol–water partition coefficient (Wildman–Crippen LogP) is 1.78. The van der Waals surface area contributed by atoms with E-state index in [9.17, 15) is 9.50 Å². The number of aromatic hydroxyl groups is 1. The Labute approximate surface area is 73.9 Å². The van der Waals surface area contributed by atoms with Crippen LogP contribution in [0.15, 0.2) is 18.3 Å². The maximum atomic E-state index is 12.8. The molecule has 4 heteroatoms. The van der Waals surface area contributed by atoms with Crippen molar-refractivity contribution in [1.29, 1.82) is 0 Å². The fourth-order valence-electron chi connectivity index (χ4n) is 1.13. The second-order valence-corrected chi connectivity index (χ2v) is 2.78. The second kappa shape index (κ2) is 2.65. The predicted molar refractivity (Wildman–Crippen MR) is 45.9 cm³/mol. The summed E-state index contributed by atoms with van der Waals surface area (Å²) in [5, 5.41) is 9.31. The Morgan fingerprint density at radius 3 is 2.92 bits per heavy atom. The van der Waals surface area contributed by atoms with Gasteiger partial charge in [-0.05, 0) is 19.1 Å². The quantitative estimate of drug-likeness (QED) is 0.668. The molecule has 0 saturated heterocycles. The van der Waals surface area contributed by atoms with Gasteiger partial charge in [0.1, 0.15) is 5.52 Å². The summed E-state index contributed by atoms with van der Waals surface area (Å²) in [4.78, 5) is 7.77. The Kier molecular flexibility index (Phi) is 1.62. The van der Waals surface area contributed by atoms with Gasteiger partial charge in [-0.1, -0.05) is 0 Å². The van der Waals surface area contributed by atoms with Crippen molar-refractivity contribution in [3.05, 3.63) is 29.8 Å². The molecular weight excluding hydrogens is 171 g/mol. The van der Waals surface area contributed by atoms with Gasteiger partial charge >= 0.3 is 0 Å². The van der Waals surface area contributed by atoms with Crippen molar-refractivity contribution in [2.75, 3.05) is 0 Å². The third kappa shape index (κ3) is 1.20. The highest BCUT2D eigenvalue weighted by Crippen LogP contribution is 2.23. The normalized spacial score (nSPS) is 10.6. The molecule has 66 valence electrons. The fraction of sp³-hybridized carbons (Fsp3) is 0.111. The molecule has 0 bridgehead atoms. The number of hydrogen-bond acceptors (Lipinski definition) is 3. The van der Waals surface area contributed by atoms with E-state index in [0.717, 1.165) is 11.9 Å². The molecule has 0 atom stereocenters. The van der Waals surface area contributed by atoms with E-state index >= 15 is 0 Å². The van der Waals surface area contributed by atoms with E-state index < -0.39 is 11.6 Å². The van der Waals surface area contributed by atoms with Crippen molar-refractivity contribution in [2.45, 2.75) is 6.92 Å². The number of aryl methyl sites for hydroxylation is 1. The highest BCUT2D eigenvalue weighted by Gasteiger charge is 2.07.